The molecule has 236 valence electrons. The van der Waals surface area contributed by atoms with Crippen molar-refractivity contribution in [2.24, 2.45) is 17.6 Å². The number of amides is 2. The molecule has 0 radical (unpaired) electrons. The normalized spacial score (nSPS) is 32.8. The number of aliphatic hydroxyl groups excluding tert-OH is 1. The van der Waals surface area contributed by atoms with E-state index in [-0.39, 0.29) is 29.5 Å². The molecule has 4 N–H and O–H groups in total. The first-order valence-electron chi connectivity index (χ1n) is 16.2. The average molecular weight is 633 g/mol. The maximum absolute atomic E-state index is 13.0. The van der Waals surface area contributed by atoms with Crippen molar-refractivity contribution < 1.29 is 38.3 Å². The van der Waals surface area contributed by atoms with Gasteiger partial charge in [0.15, 0.2) is 6.54 Å². The Morgan fingerprint density at radius 1 is 1.07 bits per heavy atom. The Kier molecular flexibility index (Phi) is 6.59. The van der Waals surface area contributed by atoms with Gasteiger partial charge in [-0.2, -0.15) is 0 Å². The van der Waals surface area contributed by atoms with Gasteiger partial charge in [0.05, 0.1) is 18.1 Å². The lowest BCUT2D eigenvalue weighted by Gasteiger charge is -2.55. The second-order valence-corrected chi connectivity index (χ2v) is 15.1. The van der Waals surface area contributed by atoms with Crippen molar-refractivity contribution in [3.05, 3.63) is 53.2 Å². The highest BCUT2D eigenvalue weighted by Crippen LogP contribution is 2.53. The number of carboxylic acid groups (broad SMARTS) is 1. The van der Waals surface area contributed by atoms with Crippen LogP contribution in [0.3, 0.4) is 0 Å². The first kappa shape index (κ1) is 28.9. The first-order valence-corrected chi connectivity index (χ1v) is 17.0. The number of carbonyl (C=O) groups is 3. The number of rotatable bonds is 8. The molecule has 4 unspecified atom stereocenters. The fourth-order valence-corrected chi connectivity index (χ4v) is 10.5. The summed E-state index contributed by atoms with van der Waals surface area (Å²) in [6.07, 6.45) is 1.04. The number of hydrogen-bond donors (Lipinski definition) is 3. The van der Waals surface area contributed by atoms with Crippen molar-refractivity contribution in [3.63, 3.8) is 0 Å². The highest BCUT2D eigenvalue weighted by atomic mass is 32.1. The van der Waals surface area contributed by atoms with Crippen LogP contribution >= 0.6 is 11.3 Å². The fourth-order valence-electron chi connectivity index (χ4n) is 9.32. The summed E-state index contributed by atoms with van der Waals surface area (Å²) in [6, 6.07) is 12.3. The molecule has 5 atom stereocenters. The molecule has 1 saturated carbocycles. The van der Waals surface area contributed by atoms with Crippen LogP contribution in [0.1, 0.15) is 31.7 Å². The molecule has 2 bridgehead atoms. The minimum Gasteiger partial charge on any atom is -0.485 e. The van der Waals surface area contributed by atoms with E-state index in [9.17, 15) is 24.6 Å². The van der Waals surface area contributed by atoms with Gasteiger partial charge < -0.3 is 34.5 Å². The molecule has 0 spiro atoms. The van der Waals surface area contributed by atoms with Gasteiger partial charge in [-0.25, -0.2) is 4.79 Å². The van der Waals surface area contributed by atoms with E-state index in [1.54, 1.807) is 18.3 Å². The molecule has 10 nitrogen and oxygen atoms in total. The number of ether oxygens (including phenoxy) is 1. The number of primary amides is 1. The van der Waals surface area contributed by atoms with Gasteiger partial charge in [0.2, 0.25) is 5.91 Å². The van der Waals surface area contributed by atoms with E-state index in [2.05, 4.69) is 24.3 Å². The summed E-state index contributed by atoms with van der Waals surface area (Å²) in [4.78, 5) is 38.7. The standard InChI is InChI=1S/C34H38N4O6S/c1-19(39)27-30-21-6-3-8-24(29(21)31(34(42)43)36(30)33(27)41)44-23-9-4-10-25-28(23)22-7-2-5-20(32(22)45-25)17-37-11-14-38(15-12-37,16-13-37)18-26(35)40/h2,4-5,7,9-10,19,21,24,27,30,39H,3,6,8,11-18H2,1H3,(H-2,35,40,42,43)/p+2/t19?,21-,24?,27?,30?,37?,38?/m0/s1. The number of carboxylic acids is 1. The number of piperazine rings is 3. The SMILES string of the molecule is CC(O)C1C(=O)N2C(C(=O)O)=C3C(Oc4cccc5sc6c(C[N+]78CC[N+](CC(N)=O)(CC7)CC8)cccc6c45)CCC[C@@H]3C12. The maximum atomic E-state index is 13.0. The monoisotopic (exact) mass is 632 g/mol. The Morgan fingerprint density at radius 3 is 2.47 bits per heavy atom. The van der Waals surface area contributed by atoms with Crippen molar-refractivity contribution in [2.45, 2.75) is 51.0 Å². The van der Waals surface area contributed by atoms with Crippen LogP contribution in [-0.4, -0.2) is 106 Å². The molecule has 2 aromatic carbocycles. The van der Waals surface area contributed by atoms with Crippen molar-refractivity contribution >= 4 is 49.3 Å². The smallest absolute Gasteiger partial charge is 0.352 e. The van der Waals surface area contributed by atoms with Gasteiger partial charge in [-0.05, 0) is 38.3 Å². The number of aliphatic carboxylic acids is 1. The molecular weight excluding hydrogens is 592 g/mol. The second kappa shape index (κ2) is 10.2. The van der Waals surface area contributed by atoms with E-state index < -0.39 is 24.1 Å². The summed E-state index contributed by atoms with van der Waals surface area (Å²) in [5.41, 5.74) is 7.67. The highest BCUT2D eigenvalue weighted by molar-refractivity contribution is 7.26. The van der Waals surface area contributed by atoms with Crippen LogP contribution < -0.4 is 10.5 Å². The third-order valence-electron chi connectivity index (χ3n) is 11.5. The van der Waals surface area contributed by atoms with Crippen LogP contribution in [0.25, 0.3) is 20.2 Å². The molecule has 11 heteroatoms. The largest absolute Gasteiger partial charge is 0.485 e. The Labute approximate surface area is 265 Å². The Balaban J connectivity index is 1.12. The van der Waals surface area contributed by atoms with Gasteiger partial charge in [-0.3, -0.25) is 9.59 Å². The minimum absolute atomic E-state index is 0.0525. The summed E-state index contributed by atoms with van der Waals surface area (Å²) in [7, 11) is 0. The Hall–Kier alpha value is -3.51. The lowest BCUT2D eigenvalue weighted by Crippen LogP contribution is -2.75. The number of quaternary nitrogens is 2. The van der Waals surface area contributed by atoms with Crippen molar-refractivity contribution in [3.8, 4) is 5.75 Å². The average Bonchev–Trinajstić information content (AvgIpc) is 3.53. The lowest BCUT2D eigenvalue weighted by molar-refractivity contribution is -1.08. The summed E-state index contributed by atoms with van der Waals surface area (Å²) in [5, 5.41) is 22.8. The van der Waals surface area contributed by atoms with Crippen LogP contribution in [0.15, 0.2) is 47.7 Å². The molecule has 5 fully saturated rings. The van der Waals surface area contributed by atoms with E-state index in [0.29, 0.717) is 18.5 Å². The van der Waals surface area contributed by atoms with Gasteiger partial charge in [0, 0.05) is 37.2 Å². The summed E-state index contributed by atoms with van der Waals surface area (Å²) >= 11 is 1.78. The first-order chi connectivity index (χ1) is 21.6. The molecule has 45 heavy (non-hydrogen) atoms. The Bertz CT molecular complexity index is 1770. The van der Waals surface area contributed by atoms with E-state index in [1.807, 2.05) is 12.1 Å². The topological polar surface area (TPSA) is 130 Å². The summed E-state index contributed by atoms with van der Waals surface area (Å²) < 4.78 is 11.1. The number of hydrogen-bond acceptors (Lipinski definition) is 6. The quantitative estimate of drug-likeness (QED) is 0.259. The highest BCUT2D eigenvalue weighted by Gasteiger charge is 2.62. The predicted octanol–water partition coefficient (Wildman–Crippen LogP) is 2.81. The number of carbonyl (C=O) groups excluding carboxylic acids is 2. The van der Waals surface area contributed by atoms with Gasteiger partial charge in [0.25, 0.3) is 5.91 Å². The van der Waals surface area contributed by atoms with Gasteiger partial charge in [0.1, 0.15) is 63.4 Å². The van der Waals surface area contributed by atoms with Crippen molar-refractivity contribution in [2.75, 3.05) is 45.8 Å². The molecule has 1 aromatic heterocycles. The summed E-state index contributed by atoms with van der Waals surface area (Å²) in [5.74, 6) is -1.59. The molecule has 6 heterocycles. The zero-order chi connectivity index (χ0) is 31.2. The molecule has 2 amide bonds. The number of β-lactam (4-membered cyclic amide) rings is 1. The van der Waals surface area contributed by atoms with Crippen LogP contribution in [0.4, 0.5) is 0 Å². The number of nitrogens with zero attached hydrogens (tertiary/aromatic N) is 3. The van der Waals surface area contributed by atoms with Gasteiger partial charge in [-0.15, -0.1) is 11.3 Å². The third-order valence-corrected chi connectivity index (χ3v) is 12.8. The van der Waals surface area contributed by atoms with E-state index in [1.165, 1.54) is 15.2 Å². The predicted molar refractivity (Wildman–Crippen MR) is 169 cm³/mol. The number of thiophene rings is 1. The third kappa shape index (κ3) is 4.35. The number of fused-ring (bicyclic) bond motifs is 9. The summed E-state index contributed by atoms with van der Waals surface area (Å²) in [6.45, 7) is 9.10. The van der Waals surface area contributed by atoms with Crippen LogP contribution in [0, 0.1) is 11.8 Å². The van der Waals surface area contributed by atoms with Gasteiger partial charge >= 0.3 is 5.97 Å². The molecule has 3 aromatic rings. The van der Waals surface area contributed by atoms with Gasteiger partial charge in [-0.1, -0.05) is 24.3 Å². The number of benzene rings is 2. The lowest BCUT2D eigenvalue weighted by atomic mass is 9.71. The number of aliphatic hydroxyl groups is 1. The number of nitrogens with two attached hydrogens (primary N) is 1. The van der Waals surface area contributed by atoms with Crippen molar-refractivity contribution in [1.29, 1.82) is 0 Å². The second-order valence-electron chi connectivity index (χ2n) is 14.1. The van der Waals surface area contributed by atoms with Crippen LogP contribution in [0.5, 0.6) is 5.75 Å². The van der Waals surface area contributed by atoms with E-state index in [4.69, 9.17) is 10.5 Å². The molecule has 1 aliphatic carbocycles. The van der Waals surface area contributed by atoms with Crippen LogP contribution in [-0.2, 0) is 20.9 Å². The van der Waals surface area contributed by atoms with Crippen molar-refractivity contribution in [1.82, 2.24) is 4.90 Å². The zero-order valence-corrected chi connectivity index (χ0v) is 26.3. The fraction of sp³-hybridized carbons (Fsp3) is 0.500. The minimum atomic E-state index is -1.11. The molecule has 4 saturated heterocycles. The zero-order valence-electron chi connectivity index (χ0n) is 25.5. The molecule has 5 aliphatic heterocycles. The molecule has 6 aliphatic rings. The van der Waals surface area contributed by atoms with E-state index in [0.717, 1.165) is 88.8 Å². The Morgan fingerprint density at radius 2 is 1.78 bits per heavy atom. The molecule has 9 rings (SSSR count). The maximum Gasteiger partial charge on any atom is 0.352 e. The van der Waals surface area contributed by atoms with Crippen LogP contribution in [0.2, 0.25) is 0 Å². The van der Waals surface area contributed by atoms with E-state index >= 15 is 0 Å². The molecular formula is C34H40N4O6S+2.